The van der Waals surface area contributed by atoms with Crippen LogP contribution in [0.2, 0.25) is 0 Å². The molecule has 114 valence electrons. The quantitative estimate of drug-likeness (QED) is 0.888. The summed E-state index contributed by atoms with van der Waals surface area (Å²) in [6, 6.07) is 4.99. The standard InChI is InChI=1S/C15H21N3O3/c1-11-9-12(5-6-13(11)21-2)17-15(20)16-10-14(19)18-7-3-4-8-18/h5-6,9H,3-4,7-8,10H2,1-2H3,(H2,16,17,20). The topological polar surface area (TPSA) is 70.7 Å². The number of amides is 3. The van der Waals surface area contributed by atoms with E-state index < -0.39 is 0 Å². The predicted molar refractivity (Wildman–Crippen MR) is 80.6 cm³/mol. The van der Waals surface area contributed by atoms with Crippen molar-refractivity contribution in [2.24, 2.45) is 0 Å². The molecule has 1 aromatic rings. The van der Waals surface area contributed by atoms with Crippen molar-refractivity contribution in [3.05, 3.63) is 23.8 Å². The first-order valence-electron chi connectivity index (χ1n) is 7.07. The van der Waals surface area contributed by atoms with Crippen molar-refractivity contribution < 1.29 is 14.3 Å². The minimum Gasteiger partial charge on any atom is -0.496 e. The molecule has 1 heterocycles. The van der Waals surface area contributed by atoms with Crippen LogP contribution in [0.25, 0.3) is 0 Å². The van der Waals surface area contributed by atoms with E-state index in [1.54, 1.807) is 24.1 Å². The minimum absolute atomic E-state index is 0.0287. The number of carbonyl (C=O) groups is 2. The lowest BCUT2D eigenvalue weighted by atomic mass is 10.2. The van der Waals surface area contributed by atoms with Gasteiger partial charge < -0.3 is 20.3 Å². The van der Waals surface area contributed by atoms with Crippen LogP contribution < -0.4 is 15.4 Å². The third kappa shape index (κ3) is 4.11. The number of urea groups is 1. The average Bonchev–Trinajstić information content (AvgIpc) is 2.99. The molecule has 1 aromatic carbocycles. The van der Waals surface area contributed by atoms with Gasteiger partial charge in [-0.1, -0.05) is 0 Å². The molecule has 0 bridgehead atoms. The van der Waals surface area contributed by atoms with E-state index in [4.69, 9.17) is 4.74 Å². The number of rotatable bonds is 4. The van der Waals surface area contributed by atoms with E-state index in [1.165, 1.54) is 0 Å². The Balaban J connectivity index is 1.81. The lowest BCUT2D eigenvalue weighted by Gasteiger charge is -2.15. The maximum atomic E-state index is 11.8. The highest BCUT2D eigenvalue weighted by Gasteiger charge is 2.18. The van der Waals surface area contributed by atoms with E-state index in [-0.39, 0.29) is 18.5 Å². The average molecular weight is 291 g/mol. The van der Waals surface area contributed by atoms with Crippen LogP contribution in [0.15, 0.2) is 18.2 Å². The molecule has 0 atom stereocenters. The van der Waals surface area contributed by atoms with Gasteiger partial charge in [-0.15, -0.1) is 0 Å². The Morgan fingerprint density at radius 3 is 2.62 bits per heavy atom. The van der Waals surface area contributed by atoms with Gasteiger partial charge in [-0.05, 0) is 43.5 Å². The second-order valence-corrected chi connectivity index (χ2v) is 5.08. The van der Waals surface area contributed by atoms with Crippen molar-refractivity contribution in [1.29, 1.82) is 0 Å². The smallest absolute Gasteiger partial charge is 0.319 e. The van der Waals surface area contributed by atoms with Crippen LogP contribution in [0, 0.1) is 6.92 Å². The molecule has 0 unspecified atom stereocenters. The normalized spacial score (nSPS) is 13.9. The minimum atomic E-state index is -0.382. The van der Waals surface area contributed by atoms with Crippen LogP contribution in [-0.2, 0) is 4.79 Å². The Bertz CT molecular complexity index is 525. The summed E-state index contributed by atoms with van der Waals surface area (Å²) in [6.07, 6.45) is 2.09. The number of aryl methyl sites for hydroxylation is 1. The van der Waals surface area contributed by atoms with Gasteiger partial charge in [0.2, 0.25) is 5.91 Å². The molecule has 1 saturated heterocycles. The van der Waals surface area contributed by atoms with Crippen molar-refractivity contribution in [2.45, 2.75) is 19.8 Å². The summed E-state index contributed by atoms with van der Waals surface area (Å²) in [5.74, 6) is 0.735. The molecular weight excluding hydrogens is 270 g/mol. The summed E-state index contributed by atoms with van der Waals surface area (Å²) in [7, 11) is 1.60. The number of benzene rings is 1. The van der Waals surface area contributed by atoms with Gasteiger partial charge in [0.1, 0.15) is 5.75 Å². The zero-order valence-corrected chi connectivity index (χ0v) is 12.4. The van der Waals surface area contributed by atoms with E-state index in [2.05, 4.69) is 10.6 Å². The highest BCUT2D eigenvalue weighted by molar-refractivity contribution is 5.92. The van der Waals surface area contributed by atoms with Crippen LogP contribution in [0.4, 0.5) is 10.5 Å². The summed E-state index contributed by atoms with van der Waals surface area (Å²) in [5, 5.41) is 5.29. The van der Waals surface area contributed by atoms with E-state index in [0.717, 1.165) is 37.2 Å². The molecule has 1 aliphatic heterocycles. The SMILES string of the molecule is COc1ccc(NC(=O)NCC(=O)N2CCCC2)cc1C. The molecule has 6 heteroatoms. The summed E-state index contributed by atoms with van der Waals surface area (Å²) in [4.78, 5) is 25.4. The van der Waals surface area contributed by atoms with Gasteiger partial charge >= 0.3 is 6.03 Å². The van der Waals surface area contributed by atoms with Gasteiger partial charge in [-0.2, -0.15) is 0 Å². The van der Waals surface area contributed by atoms with E-state index in [0.29, 0.717) is 5.69 Å². The lowest BCUT2D eigenvalue weighted by molar-refractivity contribution is -0.128. The maximum Gasteiger partial charge on any atom is 0.319 e. The highest BCUT2D eigenvalue weighted by atomic mass is 16.5. The summed E-state index contributed by atoms with van der Waals surface area (Å²) in [6.45, 7) is 3.51. The van der Waals surface area contributed by atoms with Crippen LogP contribution in [-0.4, -0.2) is 43.6 Å². The number of nitrogens with one attached hydrogen (secondary N) is 2. The maximum absolute atomic E-state index is 11.8. The molecule has 0 aromatic heterocycles. The van der Waals surface area contributed by atoms with Crippen LogP contribution in [0.3, 0.4) is 0 Å². The largest absolute Gasteiger partial charge is 0.496 e. The molecule has 0 saturated carbocycles. The van der Waals surface area contributed by atoms with Crippen LogP contribution >= 0.6 is 0 Å². The second-order valence-electron chi connectivity index (χ2n) is 5.08. The molecule has 21 heavy (non-hydrogen) atoms. The van der Waals surface area contributed by atoms with Crippen molar-refractivity contribution in [2.75, 3.05) is 32.1 Å². The fraction of sp³-hybridized carbons (Fsp3) is 0.467. The molecule has 2 rings (SSSR count). The predicted octanol–water partition coefficient (Wildman–Crippen LogP) is 1.75. The zero-order chi connectivity index (χ0) is 15.2. The molecule has 0 radical (unpaired) electrons. The number of carbonyl (C=O) groups excluding carboxylic acids is 2. The van der Waals surface area contributed by atoms with Gasteiger partial charge in [-0.25, -0.2) is 4.79 Å². The Morgan fingerprint density at radius 1 is 1.29 bits per heavy atom. The Morgan fingerprint density at radius 2 is 2.00 bits per heavy atom. The first-order chi connectivity index (χ1) is 10.1. The number of methoxy groups -OCH3 is 1. The molecule has 1 aliphatic rings. The van der Waals surface area contributed by atoms with Gasteiger partial charge in [-0.3, -0.25) is 4.79 Å². The van der Waals surface area contributed by atoms with Crippen LogP contribution in [0.1, 0.15) is 18.4 Å². The second kappa shape index (κ2) is 6.97. The Kier molecular flexibility index (Phi) is 5.03. The van der Waals surface area contributed by atoms with Gasteiger partial charge in [0.25, 0.3) is 0 Å². The molecule has 0 spiro atoms. The Hall–Kier alpha value is -2.24. The monoisotopic (exact) mass is 291 g/mol. The summed E-state index contributed by atoms with van der Waals surface area (Å²) in [5.41, 5.74) is 1.60. The fourth-order valence-corrected chi connectivity index (χ4v) is 2.37. The van der Waals surface area contributed by atoms with Crippen molar-refractivity contribution in [1.82, 2.24) is 10.2 Å². The number of hydrogen-bond acceptors (Lipinski definition) is 3. The van der Waals surface area contributed by atoms with E-state index >= 15 is 0 Å². The number of nitrogens with zero attached hydrogens (tertiary/aromatic N) is 1. The molecule has 1 fully saturated rings. The van der Waals surface area contributed by atoms with Crippen LogP contribution in [0.5, 0.6) is 5.75 Å². The van der Waals surface area contributed by atoms with Crippen molar-refractivity contribution in [3.8, 4) is 5.75 Å². The molecule has 3 amide bonds. The van der Waals surface area contributed by atoms with E-state index in [1.807, 2.05) is 13.0 Å². The molecule has 6 nitrogen and oxygen atoms in total. The van der Waals surface area contributed by atoms with Crippen molar-refractivity contribution >= 4 is 17.6 Å². The fourth-order valence-electron chi connectivity index (χ4n) is 2.37. The number of hydrogen-bond donors (Lipinski definition) is 2. The number of ether oxygens (including phenoxy) is 1. The highest BCUT2D eigenvalue weighted by Crippen LogP contribution is 2.21. The lowest BCUT2D eigenvalue weighted by Crippen LogP contribution is -2.40. The Labute approximate surface area is 124 Å². The molecule has 2 N–H and O–H groups in total. The zero-order valence-electron chi connectivity index (χ0n) is 12.4. The van der Waals surface area contributed by atoms with Gasteiger partial charge in [0, 0.05) is 18.8 Å². The first kappa shape index (κ1) is 15.2. The van der Waals surface area contributed by atoms with Gasteiger partial charge in [0.15, 0.2) is 0 Å². The number of anilines is 1. The third-order valence-corrected chi connectivity index (χ3v) is 3.51. The number of likely N-dealkylation sites (tertiary alicyclic amines) is 1. The third-order valence-electron chi connectivity index (χ3n) is 3.51. The summed E-state index contributed by atoms with van der Waals surface area (Å²) >= 11 is 0. The molecular formula is C15H21N3O3. The van der Waals surface area contributed by atoms with Gasteiger partial charge in [0.05, 0.1) is 13.7 Å². The molecule has 0 aliphatic carbocycles. The summed E-state index contributed by atoms with van der Waals surface area (Å²) < 4.78 is 5.16. The van der Waals surface area contributed by atoms with Crippen molar-refractivity contribution in [3.63, 3.8) is 0 Å². The van der Waals surface area contributed by atoms with E-state index in [9.17, 15) is 9.59 Å². The first-order valence-corrected chi connectivity index (χ1v) is 7.07.